The molecule has 4 aromatic rings. The van der Waals surface area contributed by atoms with Crippen LogP contribution >= 0.6 is 31.9 Å². The molecule has 0 amide bonds. The molecule has 0 bridgehead atoms. The van der Waals surface area contributed by atoms with Crippen LogP contribution in [0.4, 0.5) is 0 Å². The van der Waals surface area contributed by atoms with Gasteiger partial charge in [-0.1, -0.05) is 19.4 Å². The molecule has 0 saturated heterocycles. The van der Waals surface area contributed by atoms with E-state index in [1.54, 1.807) is 6.07 Å². The Morgan fingerprint density at radius 2 is 1.97 bits per heavy atom. The molecule has 0 radical (unpaired) electrons. The van der Waals surface area contributed by atoms with Gasteiger partial charge in [-0.15, -0.1) is 0 Å². The summed E-state index contributed by atoms with van der Waals surface area (Å²) in [4.78, 5) is 9.53. The fourth-order valence-corrected chi connectivity index (χ4v) is 4.75. The van der Waals surface area contributed by atoms with Gasteiger partial charge in [0.25, 0.3) is 0 Å². The highest BCUT2D eigenvalue weighted by Gasteiger charge is 2.15. The van der Waals surface area contributed by atoms with Crippen molar-refractivity contribution in [2.45, 2.75) is 39.7 Å². The normalized spacial score (nSPS) is 11.2. The van der Waals surface area contributed by atoms with Gasteiger partial charge in [0, 0.05) is 17.1 Å². The molecular formula is C23H21Br2N5. The van der Waals surface area contributed by atoms with Gasteiger partial charge >= 0.3 is 0 Å². The second-order valence-corrected chi connectivity index (χ2v) is 8.96. The van der Waals surface area contributed by atoms with Crippen LogP contribution in [0, 0.1) is 18.3 Å². The highest BCUT2D eigenvalue weighted by atomic mass is 79.9. The molecule has 0 aliphatic rings. The molecule has 0 N–H and O–H groups in total. The molecule has 152 valence electrons. The van der Waals surface area contributed by atoms with Crippen molar-refractivity contribution in [2.24, 2.45) is 0 Å². The summed E-state index contributed by atoms with van der Waals surface area (Å²) in [7, 11) is 0. The number of unbranched alkanes of at least 4 members (excludes halogenated alkanes) is 1. The largest absolute Gasteiger partial charge is 0.308 e. The third-order valence-electron chi connectivity index (χ3n) is 5.21. The van der Waals surface area contributed by atoms with E-state index in [9.17, 15) is 5.26 Å². The minimum atomic E-state index is 0.581. The fourth-order valence-electron chi connectivity index (χ4n) is 3.63. The van der Waals surface area contributed by atoms with Crippen LogP contribution in [0.15, 0.2) is 51.7 Å². The summed E-state index contributed by atoms with van der Waals surface area (Å²) < 4.78 is 5.88. The number of aromatic nitrogens is 4. The molecule has 4 rings (SSSR count). The lowest BCUT2D eigenvalue weighted by Gasteiger charge is -2.13. The average molecular weight is 527 g/mol. The molecule has 3 aromatic heterocycles. The Hall–Kier alpha value is -2.43. The maximum Gasteiger partial charge on any atom is 0.160 e. The molecule has 0 fully saturated rings. The van der Waals surface area contributed by atoms with Crippen LogP contribution in [-0.2, 0) is 13.0 Å². The minimum Gasteiger partial charge on any atom is -0.308 e. The molecule has 5 nitrogen and oxygen atoms in total. The predicted molar refractivity (Wildman–Crippen MR) is 126 cm³/mol. The van der Waals surface area contributed by atoms with Crippen LogP contribution in [0.25, 0.3) is 16.9 Å². The number of halogens is 2. The smallest absolute Gasteiger partial charge is 0.160 e. The number of pyridine rings is 1. The maximum atomic E-state index is 9.41. The van der Waals surface area contributed by atoms with Gasteiger partial charge < -0.3 is 4.57 Å². The molecule has 0 spiro atoms. The zero-order valence-electron chi connectivity index (χ0n) is 16.9. The topological polar surface area (TPSA) is 59.4 Å². The van der Waals surface area contributed by atoms with Crippen molar-refractivity contribution in [3.05, 3.63) is 74.3 Å². The first-order valence-corrected chi connectivity index (χ1v) is 11.5. The number of imidazole rings is 1. The SMILES string of the molecule is CCCCc1nc2c(C)ccnc2n1Cc1ccc(-n2c(Br)ccc2C#N)c(Br)c1. The standard InChI is InChI=1S/C23H21Br2N5/c1-3-4-5-21-28-22-15(2)10-11-27-23(22)29(21)14-16-6-8-19(18(24)12-16)30-17(13-26)7-9-20(30)25/h6-12H,3-5,14H2,1-2H3. The van der Waals surface area contributed by atoms with Gasteiger partial charge in [0.2, 0.25) is 0 Å². The molecule has 3 heterocycles. The van der Waals surface area contributed by atoms with Crippen molar-refractivity contribution in [1.82, 2.24) is 19.1 Å². The van der Waals surface area contributed by atoms with Crippen LogP contribution in [0.1, 0.15) is 42.4 Å². The lowest BCUT2D eigenvalue weighted by Crippen LogP contribution is -2.07. The lowest BCUT2D eigenvalue weighted by atomic mass is 10.2. The molecule has 0 saturated carbocycles. The number of rotatable bonds is 6. The van der Waals surface area contributed by atoms with E-state index in [1.165, 1.54) is 0 Å². The second-order valence-electron chi connectivity index (χ2n) is 7.29. The number of hydrogen-bond acceptors (Lipinski definition) is 3. The Morgan fingerprint density at radius 1 is 1.13 bits per heavy atom. The molecule has 1 aromatic carbocycles. The molecule has 0 atom stereocenters. The van der Waals surface area contributed by atoms with E-state index in [0.29, 0.717) is 12.2 Å². The summed E-state index contributed by atoms with van der Waals surface area (Å²) >= 11 is 7.23. The van der Waals surface area contributed by atoms with Gasteiger partial charge in [0.1, 0.15) is 23.1 Å². The number of nitriles is 1. The summed E-state index contributed by atoms with van der Waals surface area (Å²) in [5.41, 5.74) is 5.71. The first kappa shape index (κ1) is 20.8. The van der Waals surface area contributed by atoms with E-state index in [-0.39, 0.29) is 0 Å². The summed E-state index contributed by atoms with van der Waals surface area (Å²) in [6, 6.07) is 14.2. The van der Waals surface area contributed by atoms with E-state index in [4.69, 9.17) is 4.98 Å². The van der Waals surface area contributed by atoms with Crippen LogP contribution in [-0.4, -0.2) is 19.1 Å². The number of hydrogen-bond donors (Lipinski definition) is 0. The Kier molecular flexibility index (Phi) is 6.07. The number of aryl methyl sites for hydroxylation is 2. The quantitative estimate of drug-likeness (QED) is 0.295. The number of fused-ring (bicyclic) bond motifs is 1. The Labute approximate surface area is 192 Å². The Morgan fingerprint density at radius 3 is 2.70 bits per heavy atom. The fraction of sp³-hybridized carbons (Fsp3) is 0.261. The van der Waals surface area contributed by atoms with Crippen LogP contribution in [0.3, 0.4) is 0 Å². The van der Waals surface area contributed by atoms with E-state index < -0.39 is 0 Å². The highest BCUT2D eigenvalue weighted by Crippen LogP contribution is 2.29. The van der Waals surface area contributed by atoms with Crippen LogP contribution in [0.5, 0.6) is 0 Å². The average Bonchev–Trinajstić information content (AvgIpc) is 3.28. The summed E-state index contributed by atoms with van der Waals surface area (Å²) in [6.45, 7) is 4.97. The summed E-state index contributed by atoms with van der Waals surface area (Å²) in [6.07, 6.45) is 5.02. The zero-order chi connectivity index (χ0) is 21.3. The van der Waals surface area contributed by atoms with E-state index in [2.05, 4.69) is 73.5 Å². The van der Waals surface area contributed by atoms with Crippen molar-refractivity contribution < 1.29 is 0 Å². The van der Waals surface area contributed by atoms with Gasteiger partial charge in [-0.3, -0.25) is 4.57 Å². The predicted octanol–water partition coefficient (Wildman–Crippen LogP) is 6.32. The van der Waals surface area contributed by atoms with Crippen molar-refractivity contribution in [1.29, 1.82) is 5.26 Å². The third-order valence-corrected chi connectivity index (χ3v) is 6.46. The summed E-state index contributed by atoms with van der Waals surface area (Å²) in [5, 5.41) is 9.41. The maximum absolute atomic E-state index is 9.41. The monoisotopic (exact) mass is 525 g/mol. The van der Waals surface area contributed by atoms with E-state index >= 15 is 0 Å². The number of nitrogens with zero attached hydrogens (tertiary/aromatic N) is 5. The Balaban J connectivity index is 1.74. The van der Waals surface area contributed by atoms with Gasteiger partial charge in [-0.25, -0.2) is 9.97 Å². The first-order valence-electron chi connectivity index (χ1n) is 9.90. The van der Waals surface area contributed by atoms with Crippen molar-refractivity contribution in [3.63, 3.8) is 0 Å². The second kappa shape index (κ2) is 8.75. The third kappa shape index (κ3) is 3.82. The molecule has 7 heteroatoms. The lowest BCUT2D eigenvalue weighted by molar-refractivity contribution is 0.686. The molecule has 0 aliphatic heterocycles. The number of benzene rings is 1. The molecule has 0 aliphatic carbocycles. The Bertz CT molecular complexity index is 1260. The molecular weight excluding hydrogens is 506 g/mol. The van der Waals surface area contributed by atoms with Crippen molar-refractivity contribution >= 4 is 43.0 Å². The van der Waals surface area contributed by atoms with Gasteiger partial charge in [-0.2, -0.15) is 5.26 Å². The van der Waals surface area contributed by atoms with Crippen LogP contribution < -0.4 is 0 Å². The van der Waals surface area contributed by atoms with Gasteiger partial charge in [0.05, 0.1) is 16.8 Å². The molecule has 30 heavy (non-hydrogen) atoms. The van der Waals surface area contributed by atoms with Crippen molar-refractivity contribution in [2.75, 3.05) is 0 Å². The highest BCUT2D eigenvalue weighted by molar-refractivity contribution is 9.11. The minimum absolute atomic E-state index is 0.581. The molecule has 0 unspecified atom stereocenters. The van der Waals surface area contributed by atoms with Gasteiger partial charge in [0.15, 0.2) is 5.65 Å². The van der Waals surface area contributed by atoms with Crippen LogP contribution in [0.2, 0.25) is 0 Å². The zero-order valence-corrected chi connectivity index (χ0v) is 20.0. The van der Waals surface area contributed by atoms with E-state index in [0.717, 1.165) is 62.1 Å². The van der Waals surface area contributed by atoms with Crippen molar-refractivity contribution in [3.8, 4) is 11.8 Å². The first-order chi connectivity index (χ1) is 14.5. The van der Waals surface area contributed by atoms with E-state index in [1.807, 2.05) is 29.0 Å². The van der Waals surface area contributed by atoms with Gasteiger partial charge in [-0.05, 0) is 86.7 Å². The summed E-state index contributed by atoms with van der Waals surface area (Å²) in [5.74, 6) is 1.08.